The van der Waals surface area contributed by atoms with Crippen LogP contribution < -0.4 is 5.32 Å². The van der Waals surface area contributed by atoms with Crippen LogP contribution in [0.2, 0.25) is 5.02 Å². The third-order valence-electron chi connectivity index (χ3n) is 1.76. The van der Waals surface area contributed by atoms with Crippen LogP contribution in [0, 0.1) is 0 Å². The monoisotopic (exact) mass is 307 g/mol. The number of hydrogen-bond donors (Lipinski definition) is 1. The number of amides is 1. The second-order valence-corrected chi connectivity index (χ2v) is 5.16. The van der Waals surface area contributed by atoms with Crippen molar-refractivity contribution in [1.29, 1.82) is 0 Å². The Balaban J connectivity index is 2.44. The molecule has 5 heteroatoms. The molecule has 0 saturated carbocycles. The van der Waals surface area contributed by atoms with Crippen molar-refractivity contribution in [3.63, 3.8) is 0 Å². The second-order valence-electron chi connectivity index (χ2n) is 2.91. The molecule has 1 amide bonds. The standard InChI is InChI=1S/C10H11BrClNOS/c1-13-10(14)6-15-5-7-2-3-8(11)9(12)4-7/h2-4H,5-6H2,1H3,(H,13,14). The third-order valence-corrected chi connectivity index (χ3v) is 4.00. The van der Waals surface area contributed by atoms with Crippen LogP contribution in [0.5, 0.6) is 0 Å². The molecule has 1 aromatic rings. The summed E-state index contributed by atoms with van der Waals surface area (Å²) in [5.41, 5.74) is 1.12. The lowest BCUT2D eigenvalue weighted by Crippen LogP contribution is -2.19. The Morgan fingerprint density at radius 2 is 2.33 bits per heavy atom. The lowest BCUT2D eigenvalue weighted by Gasteiger charge is -2.03. The molecule has 2 nitrogen and oxygen atoms in total. The van der Waals surface area contributed by atoms with Gasteiger partial charge in [0.15, 0.2) is 0 Å². The van der Waals surface area contributed by atoms with Crippen molar-refractivity contribution in [2.24, 2.45) is 0 Å². The number of rotatable bonds is 4. The van der Waals surface area contributed by atoms with Crippen molar-refractivity contribution < 1.29 is 4.79 Å². The van der Waals surface area contributed by atoms with E-state index in [1.807, 2.05) is 18.2 Å². The predicted octanol–water partition coefficient (Wildman–Crippen LogP) is 3.08. The molecule has 0 heterocycles. The largest absolute Gasteiger partial charge is 0.358 e. The molecule has 1 rings (SSSR count). The fourth-order valence-electron chi connectivity index (χ4n) is 0.963. The van der Waals surface area contributed by atoms with Crippen LogP contribution in [-0.2, 0) is 10.5 Å². The van der Waals surface area contributed by atoms with Gasteiger partial charge in [-0.25, -0.2) is 0 Å². The van der Waals surface area contributed by atoms with E-state index in [1.54, 1.807) is 18.8 Å². The number of benzene rings is 1. The van der Waals surface area contributed by atoms with Gasteiger partial charge in [-0.1, -0.05) is 17.7 Å². The first-order valence-corrected chi connectivity index (χ1v) is 6.68. The molecule has 0 saturated heterocycles. The average Bonchev–Trinajstić information content (AvgIpc) is 2.23. The number of nitrogens with one attached hydrogen (secondary N) is 1. The third kappa shape index (κ3) is 4.45. The van der Waals surface area contributed by atoms with Gasteiger partial charge in [0.1, 0.15) is 0 Å². The van der Waals surface area contributed by atoms with E-state index >= 15 is 0 Å². The molecule has 0 aliphatic heterocycles. The van der Waals surface area contributed by atoms with Crippen LogP contribution in [0.1, 0.15) is 5.56 Å². The van der Waals surface area contributed by atoms with Crippen molar-refractivity contribution in [3.8, 4) is 0 Å². The summed E-state index contributed by atoms with van der Waals surface area (Å²) >= 11 is 10.8. The van der Waals surface area contributed by atoms with Gasteiger partial charge in [-0.2, -0.15) is 0 Å². The summed E-state index contributed by atoms with van der Waals surface area (Å²) < 4.78 is 0.893. The Morgan fingerprint density at radius 1 is 1.60 bits per heavy atom. The van der Waals surface area contributed by atoms with E-state index in [2.05, 4.69) is 21.2 Å². The SMILES string of the molecule is CNC(=O)CSCc1ccc(Br)c(Cl)c1. The van der Waals surface area contributed by atoms with Crippen LogP contribution in [-0.4, -0.2) is 18.7 Å². The fourth-order valence-corrected chi connectivity index (χ4v) is 2.26. The van der Waals surface area contributed by atoms with E-state index in [0.29, 0.717) is 10.8 Å². The van der Waals surface area contributed by atoms with Crippen LogP contribution in [0.3, 0.4) is 0 Å². The van der Waals surface area contributed by atoms with Gasteiger partial charge in [0, 0.05) is 17.3 Å². The summed E-state index contributed by atoms with van der Waals surface area (Å²) in [6.07, 6.45) is 0. The fraction of sp³-hybridized carbons (Fsp3) is 0.300. The highest BCUT2D eigenvalue weighted by Crippen LogP contribution is 2.24. The van der Waals surface area contributed by atoms with Crippen molar-refractivity contribution in [2.45, 2.75) is 5.75 Å². The highest BCUT2D eigenvalue weighted by atomic mass is 79.9. The molecule has 0 unspecified atom stereocenters. The minimum atomic E-state index is 0.0446. The quantitative estimate of drug-likeness (QED) is 0.926. The van der Waals surface area contributed by atoms with Crippen LogP contribution in [0.15, 0.2) is 22.7 Å². The minimum absolute atomic E-state index is 0.0446. The summed E-state index contributed by atoms with van der Waals surface area (Å²) in [6.45, 7) is 0. The molecule has 0 spiro atoms. The Morgan fingerprint density at radius 3 is 2.93 bits per heavy atom. The maximum Gasteiger partial charge on any atom is 0.229 e. The van der Waals surface area contributed by atoms with Gasteiger partial charge in [-0.05, 0) is 33.6 Å². The first-order chi connectivity index (χ1) is 7.13. The normalized spacial score (nSPS) is 10.1. The van der Waals surface area contributed by atoms with Gasteiger partial charge in [0.05, 0.1) is 10.8 Å². The highest BCUT2D eigenvalue weighted by Gasteiger charge is 2.01. The van der Waals surface area contributed by atoms with Gasteiger partial charge in [0.2, 0.25) is 5.91 Å². The highest BCUT2D eigenvalue weighted by molar-refractivity contribution is 9.10. The van der Waals surface area contributed by atoms with E-state index in [1.165, 1.54) is 0 Å². The number of thioether (sulfide) groups is 1. The van der Waals surface area contributed by atoms with E-state index in [-0.39, 0.29) is 5.91 Å². The topological polar surface area (TPSA) is 29.1 Å². The number of carbonyl (C=O) groups is 1. The van der Waals surface area contributed by atoms with Crippen molar-refractivity contribution >= 4 is 45.2 Å². The first kappa shape index (κ1) is 12.9. The zero-order chi connectivity index (χ0) is 11.3. The summed E-state index contributed by atoms with van der Waals surface area (Å²) in [5.74, 6) is 1.31. The van der Waals surface area contributed by atoms with Gasteiger partial charge in [-0.3, -0.25) is 4.79 Å². The van der Waals surface area contributed by atoms with Crippen LogP contribution >= 0.6 is 39.3 Å². The van der Waals surface area contributed by atoms with Crippen molar-refractivity contribution in [3.05, 3.63) is 33.3 Å². The van der Waals surface area contributed by atoms with Crippen LogP contribution in [0.4, 0.5) is 0 Å². The Labute approximate surface area is 107 Å². The Bertz CT molecular complexity index is 359. The molecular formula is C10H11BrClNOS. The van der Waals surface area contributed by atoms with Crippen LogP contribution in [0.25, 0.3) is 0 Å². The Kier molecular flexibility index (Phi) is 5.50. The van der Waals surface area contributed by atoms with E-state index < -0.39 is 0 Å². The number of hydrogen-bond acceptors (Lipinski definition) is 2. The van der Waals surface area contributed by atoms with E-state index in [4.69, 9.17) is 11.6 Å². The lowest BCUT2D eigenvalue weighted by molar-refractivity contribution is -0.118. The molecular weight excluding hydrogens is 298 g/mol. The molecule has 0 radical (unpaired) electrons. The van der Waals surface area contributed by atoms with Crippen molar-refractivity contribution in [1.82, 2.24) is 5.32 Å². The molecule has 0 aliphatic carbocycles. The van der Waals surface area contributed by atoms with Gasteiger partial charge >= 0.3 is 0 Å². The molecule has 0 fully saturated rings. The molecule has 15 heavy (non-hydrogen) atoms. The lowest BCUT2D eigenvalue weighted by atomic mass is 10.2. The minimum Gasteiger partial charge on any atom is -0.358 e. The molecule has 1 N–H and O–H groups in total. The second kappa shape index (κ2) is 6.40. The van der Waals surface area contributed by atoms with Gasteiger partial charge in [-0.15, -0.1) is 11.8 Å². The average molecular weight is 309 g/mol. The molecule has 1 aromatic carbocycles. The number of carbonyl (C=O) groups excluding carboxylic acids is 1. The Hall–Kier alpha value is -0.190. The zero-order valence-corrected chi connectivity index (χ0v) is 11.4. The summed E-state index contributed by atoms with van der Waals surface area (Å²) in [7, 11) is 1.64. The maximum absolute atomic E-state index is 11.0. The predicted molar refractivity (Wildman–Crippen MR) is 69.4 cm³/mol. The summed E-state index contributed by atoms with van der Waals surface area (Å²) in [6, 6.07) is 5.81. The summed E-state index contributed by atoms with van der Waals surface area (Å²) in [4.78, 5) is 11.0. The van der Waals surface area contributed by atoms with E-state index in [0.717, 1.165) is 15.8 Å². The van der Waals surface area contributed by atoms with E-state index in [9.17, 15) is 4.79 Å². The van der Waals surface area contributed by atoms with Gasteiger partial charge in [0.25, 0.3) is 0 Å². The molecule has 0 aliphatic rings. The zero-order valence-electron chi connectivity index (χ0n) is 8.22. The maximum atomic E-state index is 11.0. The smallest absolute Gasteiger partial charge is 0.229 e. The number of halogens is 2. The molecule has 82 valence electrons. The van der Waals surface area contributed by atoms with Gasteiger partial charge < -0.3 is 5.32 Å². The molecule has 0 aromatic heterocycles. The van der Waals surface area contributed by atoms with Crippen molar-refractivity contribution in [2.75, 3.05) is 12.8 Å². The summed E-state index contributed by atoms with van der Waals surface area (Å²) in [5, 5.41) is 3.28. The molecule has 0 bridgehead atoms. The molecule has 0 atom stereocenters. The first-order valence-electron chi connectivity index (χ1n) is 4.35.